The molecule has 0 amide bonds. The highest BCUT2D eigenvalue weighted by Crippen LogP contribution is 2.21. The Bertz CT molecular complexity index is 582. The fraction of sp³-hybridized carbons (Fsp3) is 0.273. The highest BCUT2D eigenvalue weighted by atomic mass is 35.5. The Hall–Kier alpha value is -1.95. The highest BCUT2D eigenvalue weighted by molar-refractivity contribution is 6.29. The maximum atomic E-state index is 10.9. The van der Waals surface area contributed by atoms with E-state index in [1.54, 1.807) is 6.20 Å². The summed E-state index contributed by atoms with van der Waals surface area (Å²) in [5, 5.41) is 11.2. The van der Waals surface area contributed by atoms with Crippen molar-refractivity contribution in [3.05, 3.63) is 51.3 Å². The number of pyridine rings is 1. The molecule has 0 radical (unpaired) electrons. The lowest BCUT2D eigenvalue weighted by molar-refractivity contribution is -0.385. The molecule has 0 spiro atoms. The first-order valence-electron chi connectivity index (χ1n) is 5.41. The van der Waals surface area contributed by atoms with Gasteiger partial charge < -0.3 is 4.57 Å². The largest absolute Gasteiger partial charge is 0.335 e. The Morgan fingerprint density at radius 3 is 2.94 bits per heavy atom. The van der Waals surface area contributed by atoms with Gasteiger partial charge in [0, 0.05) is 25.0 Å². The van der Waals surface area contributed by atoms with E-state index in [4.69, 9.17) is 11.6 Å². The van der Waals surface area contributed by atoms with E-state index in [2.05, 4.69) is 9.97 Å². The van der Waals surface area contributed by atoms with Crippen LogP contribution in [0.2, 0.25) is 5.15 Å². The first-order chi connectivity index (χ1) is 8.61. The van der Waals surface area contributed by atoms with Crippen LogP contribution in [0.15, 0.2) is 24.5 Å². The van der Waals surface area contributed by atoms with E-state index in [1.807, 2.05) is 17.7 Å². The molecule has 0 saturated carbocycles. The lowest BCUT2D eigenvalue weighted by atomic mass is 10.2. The minimum atomic E-state index is -0.460. The molecule has 0 atom stereocenters. The Balaban J connectivity index is 2.39. The number of aryl methyl sites for hydroxylation is 1. The van der Waals surface area contributed by atoms with E-state index in [1.165, 1.54) is 12.1 Å². The predicted molar refractivity (Wildman–Crippen MR) is 66.6 cm³/mol. The van der Waals surface area contributed by atoms with Crippen LogP contribution >= 0.6 is 11.6 Å². The molecule has 0 aliphatic rings. The molecular formula is C11H11ClN4O2. The third-order valence-electron chi connectivity index (χ3n) is 2.58. The van der Waals surface area contributed by atoms with E-state index in [0.717, 1.165) is 12.4 Å². The minimum absolute atomic E-state index is 0.0370. The Morgan fingerprint density at radius 2 is 2.28 bits per heavy atom. The summed E-state index contributed by atoms with van der Waals surface area (Å²) in [5.74, 6) is 0.732. The van der Waals surface area contributed by atoms with Gasteiger partial charge in [-0.2, -0.15) is 0 Å². The van der Waals surface area contributed by atoms with Gasteiger partial charge in [-0.05, 0) is 13.0 Å². The molecule has 0 N–H and O–H groups in total. The van der Waals surface area contributed by atoms with Gasteiger partial charge in [-0.25, -0.2) is 9.97 Å². The smallest absolute Gasteiger partial charge is 0.291 e. The topological polar surface area (TPSA) is 73.8 Å². The van der Waals surface area contributed by atoms with E-state index < -0.39 is 4.92 Å². The van der Waals surface area contributed by atoms with Crippen molar-refractivity contribution in [1.82, 2.24) is 14.5 Å². The van der Waals surface area contributed by atoms with Crippen LogP contribution in [0.4, 0.5) is 5.69 Å². The Labute approximate surface area is 108 Å². The standard InChI is InChI=1S/C11H11ClN4O2/c1-2-15-6-5-13-11(15)7-8-9(16(17)18)3-4-10(12)14-8/h3-6H,2,7H2,1H3. The van der Waals surface area contributed by atoms with Crippen molar-refractivity contribution in [2.75, 3.05) is 0 Å². The zero-order chi connectivity index (χ0) is 13.1. The number of hydrogen-bond donors (Lipinski definition) is 0. The summed E-state index contributed by atoms with van der Waals surface area (Å²) < 4.78 is 1.91. The van der Waals surface area contributed by atoms with Crippen molar-refractivity contribution in [2.45, 2.75) is 19.9 Å². The maximum Gasteiger partial charge on any atom is 0.291 e. The number of nitrogens with zero attached hydrogens (tertiary/aromatic N) is 4. The third-order valence-corrected chi connectivity index (χ3v) is 2.79. The molecule has 0 aromatic carbocycles. The van der Waals surface area contributed by atoms with Crippen LogP contribution in [-0.4, -0.2) is 19.5 Å². The number of rotatable bonds is 4. The van der Waals surface area contributed by atoms with Crippen LogP contribution in [-0.2, 0) is 13.0 Å². The average molecular weight is 267 g/mol. The predicted octanol–water partition coefficient (Wildman–Crippen LogP) is 2.45. The van der Waals surface area contributed by atoms with Gasteiger partial charge in [0.2, 0.25) is 0 Å². The molecule has 0 bridgehead atoms. The van der Waals surface area contributed by atoms with Crippen molar-refractivity contribution in [3.8, 4) is 0 Å². The van der Waals surface area contributed by atoms with Crippen LogP contribution in [0.25, 0.3) is 0 Å². The summed E-state index contributed by atoms with van der Waals surface area (Å²) >= 11 is 5.77. The molecule has 0 unspecified atom stereocenters. The molecule has 2 rings (SSSR count). The summed E-state index contributed by atoms with van der Waals surface area (Å²) in [5.41, 5.74) is 0.290. The van der Waals surface area contributed by atoms with Crippen LogP contribution in [0.5, 0.6) is 0 Å². The molecule has 2 aromatic heterocycles. The Morgan fingerprint density at radius 1 is 1.50 bits per heavy atom. The van der Waals surface area contributed by atoms with Crippen LogP contribution < -0.4 is 0 Å². The molecule has 0 aliphatic heterocycles. The van der Waals surface area contributed by atoms with E-state index >= 15 is 0 Å². The quantitative estimate of drug-likeness (QED) is 0.484. The summed E-state index contributed by atoms with van der Waals surface area (Å²) in [4.78, 5) is 18.6. The van der Waals surface area contributed by atoms with Gasteiger partial charge in [0.15, 0.2) is 0 Å². The second kappa shape index (κ2) is 5.14. The van der Waals surface area contributed by atoms with Crippen molar-refractivity contribution in [2.24, 2.45) is 0 Å². The lowest BCUT2D eigenvalue weighted by Gasteiger charge is -2.05. The monoisotopic (exact) mass is 266 g/mol. The number of hydrogen-bond acceptors (Lipinski definition) is 4. The Kier molecular flexibility index (Phi) is 3.57. The van der Waals surface area contributed by atoms with Gasteiger partial charge >= 0.3 is 0 Å². The lowest BCUT2D eigenvalue weighted by Crippen LogP contribution is -2.05. The molecule has 2 aromatic rings. The molecule has 2 heterocycles. The van der Waals surface area contributed by atoms with Gasteiger partial charge in [0.05, 0.1) is 11.3 Å². The number of nitro groups is 1. The molecular weight excluding hydrogens is 256 g/mol. The summed E-state index contributed by atoms with van der Waals surface area (Å²) in [6.45, 7) is 2.73. The van der Waals surface area contributed by atoms with E-state index in [9.17, 15) is 10.1 Å². The molecule has 0 fully saturated rings. The average Bonchev–Trinajstić information content (AvgIpc) is 2.76. The van der Waals surface area contributed by atoms with Crippen molar-refractivity contribution in [3.63, 3.8) is 0 Å². The van der Waals surface area contributed by atoms with Gasteiger partial charge in [-0.15, -0.1) is 0 Å². The number of aromatic nitrogens is 3. The minimum Gasteiger partial charge on any atom is -0.335 e. The highest BCUT2D eigenvalue weighted by Gasteiger charge is 2.17. The van der Waals surface area contributed by atoms with Crippen molar-refractivity contribution in [1.29, 1.82) is 0 Å². The van der Waals surface area contributed by atoms with Gasteiger partial charge in [0.1, 0.15) is 16.7 Å². The first kappa shape index (κ1) is 12.5. The summed E-state index contributed by atoms with van der Waals surface area (Å²) in [6, 6.07) is 2.78. The first-order valence-corrected chi connectivity index (χ1v) is 5.79. The summed E-state index contributed by atoms with van der Waals surface area (Å²) in [6.07, 6.45) is 3.78. The number of imidazole rings is 1. The number of halogens is 1. The third kappa shape index (κ3) is 2.48. The van der Waals surface area contributed by atoms with Crippen LogP contribution in [0.3, 0.4) is 0 Å². The summed E-state index contributed by atoms with van der Waals surface area (Å²) in [7, 11) is 0. The van der Waals surface area contributed by atoms with Gasteiger partial charge in [-0.1, -0.05) is 11.6 Å². The SMILES string of the molecule is CCn1ccnc1Cc1nc(Cl)ccc1[N+](=O)[O-]. The van der Waals surface area contributed by atoms with Crippen LogP contribution in [0, 0.1) is 10.1 Å². The van der Waals surface area contributed by atoms with Crippen molar-refractivity contribution < 1.29 is 4.92 Å². The molecule has 6 nitrogen and oxygen atoms in total. The van der Waals surface area contributed by atoms with Gasteiger partial charge in [-0.3, -0.25) is 10.1 Å². The fourth-order valence-electron chi connectivity index (χ4n) is 1.71. The molecule has 7 heteroatoms. The molecule has 0 aliphatic carbocycles. The molecule has 94 valence electrons. The normalized spacial score (nSPS) is 10.6. The molecule has 0 saturated heterocycles. The fourth-order valence-corrected chi connectivity index (χ4v) is 1.87. The van der Waals surface area contributed by atoms with Gasteiger partial charge in [0.25, 0.3) is 5.69 Å². The second-order valence-corrected chi connectivity index (χ2v) is 4.05. The van der Waals surface area contributed by atoms with Crippen LogP contribution in [0.1, 0.15) is 18.4 Å². The van der Waals surface area contributed by atoms with E-state index in [-0.39, 0.29) is 17.3 Å². The second-order valence-electron chi connectivity index (χ2n) is 3.66. The zero-order valence-corrected chi connectivity index (χ0v) is 10.5. The maximum absolute atomic E-state index is 10.9. The van der Waals surface area contributed by atoms with E-state index in [0.29, 0.717) is 5.69 Å². The molecule has 18 heavy (non-hydrogen) atoms. The zero-order valence-electron chi connectivity index (χ0n) is 9.71. The van der Waals surface area contributed by atoms with Crippen molar-refractivity contribution >= 4 is 17.3 Å².